The van der Waals surface area contributed by atoms with Gasteiger partial charge in [-0.3, -0.25) is 9.69 Å². The predicted molar refractivity (Wildman–Crippen MR) is 117 cm³/mol. The Morgan fingerprint density at radius 1 is 1.32 bits per heavy atom. The van der Waals surface area contributed by atoms with Gasteiger partial charge in [-0.25, -0.2) is 4.98 Å². The van der Waals surface area contributed by atoms with Crippen LogP contribution < -0.4 is 10.1 Å². The number of benzene rings is 1. The number of ether oxygens (including phenoxy) is 1. The number of nitrogens with zero attached hydrogens (tertiary/aromatic N) is 2. The predicted octanol–water partition coefficient (Wildman–Crippen LogP) is 4.10. The van der Waals surface area contributed by atoms with Gasteiger partial charge >= 0.3 is 0 Å². The van der Waals surface area contributed by atoms with Gasteiger partial charge in [-0.2, -0.15) is 0 Å². The third kappa shape index (κ3) is 4.91. The van der Waals surface area contributed by atoms with E-state index in [-0.39, 0.29) is 5.91 Å². The number of hydrogen-bond donors (Lipinski definition) is 1. The Hall–Kier alpha value is -2.38. The van der Waals surface area contributed by atoms with Crippen LogP contribution in [0.2, 0.25) is 0 Å². The summed E-state index contributed by atoms with van der Waals surface area (Å²) in [6.07, 6.45) is 3.62. The lowest BCUT2D eigenvalue weighted by atomic mass is 10.1. The summed E-state index contributed by atoms with van der Waals surface area (Å²) in [5.41, 5.74) is 2.46. The number of thiocarbonyl (C=S) groups is 1. The molecule has 0 aliphatic carbocycles. The summed E-state index contributed by atoms with van der Waals surface area (Å²) in [5, 5.41) is 4.45. The maximum absolute atomic E-state index is 12.6. The van der Waals surface area contributed by atoms with Crippen LogP contribution in [-0.2, 0) is 10.5 Å². The molecule has 0 bridgehead atoms. The molecule has 0 saturated carbocycles. The second kappa shape index (κ2) is 9.21. The van der Waals surface area contributed by atoms with E-state index in [4.69, 9.17) is 17.0 Å². The Morgan fingerprint density at radius 3 is 2.82 bits per heavy atom. The number of methoxy groups -OCH3 is 1. The van der Waals surface area contributed by atoms with E-state index in [9.17, 15) is 4.79 Å². The van der Waals surface area contributed by atoms with E-state index in [2.05, 4.69) is 24.1 Å². The molecule has 1 aliphatic rings. The minimum Gasteiger partial charge on any atom is -0.496 e. The van der Waals surface area contributed by atoms with Crippen LogP contribution >= 0.6 is 24.0 Å². The minimum absolute atomic E-state index is 0.0843. The van der Waals surface area contributed by atoms with Crippen LogP contribution in [0.3, 0.4) is 0 Å². The molecule has 146 valence electrons. The van der Waals surface area contributed by atoms with Crippen molar-refractivity contribution in [2.45, 2.75) is 24.6 Å². The van der Waals surface area contributed by atoms with Crippen LogP contribution in [0.5, 0.6) is 5.75 Å². The van der Waals surface area contributed by atoms with E-state index in [0.29, 0.717) is 23.3 Å². The molecule has 0 spiro atoms. The third-order valence-electron chi connectivity index (χ3n) is 4.14. The molecule has 1 aliphatic heterocycles. The van der Waals surface area contributed by atoms with Gasteiger partial charge in [-0.15, -0.1) is 11.8 Å². The largest absolute Gasteiger partial charge is 0.496 e. The van der Waals surface area contributed by atoms with Gasteiger partial charge in [-0.05, 0) is 54.0 Å². The maximum atomic E-state index is 12.6. The van der Waals surface area contributed by atoms with Crippen molar-refractivity contribution in [1.82, 2.24) is 15.2 Å². The summed E-state index contributed by atoms with van der Waals surface area (Å²) in [5.74, 6) is 1.79. The number of thioether (sulfide) groups is 1. The Balaban J connectivity index is 1.80. The van der Waals surface area contributed by atoms with Gasteiger partial charge in [0, 0.05) is 24.1 Å². The van der Waals surface area contributed by atoms with Crippen LogP contribution in [0.15, 0.2) is 53.3 Å². The van der Waals surface area contributed by atoms with Crippen molar-refractivity contribution in [2.24, 2.45) is 5.92 Å². The number of nitrogens with one attached hydrogen (secondary N) is 1. The molecule has 1 aromatic carbocycles. The number of carbonyl (C=O) groups excluding carboxylic acids is 1. The third-order valence-corrected chi connectivity index (χ3v) is 5.45. The van der Waals surface area contributed by atoms with Gasteiger partial charge in [0.1, 0.15) is 11.4 Å². The first-order chi connectivity index (χ1) is 13.5. The molecular weight excluding hydrogens is 390 g/mol. The zero-order valence-electron chi connectivity index (χ0n) is 16.1. The first-order valence-corrected chi connectivity index (χ1v) is 10.4. The summed E-state index contributed by atoms with van der Waals surface area (Å²) in [4.78, 5) is 18.6. The Kier molecular flexibility index (Phi) is 6.70. The Labute approximate surface area is 175 Å². The van der Waals surface area contributed by atoms with Gasteiger partial charge < -0.3 is 10.1 Å². The zero-order chi connectivity index (χ0) is 20.1. The fourth-order valence-electron chi connectivity index (χ4n) is 2.85. The summed E-state index contributed by atoms with van der Waals surface area (Å²) in [7, 11) is 1.66. The van der Waals surface area contributed by atoms with Crippen LogP contribution in [0.1, 0.15) is 25.0 Å². The number of amides is 1. The molecule has 2 aromatic rings. The van der Waals surface area contributed by atoms with E-state index in [1.54, 1.807) is 30.0 Å². The number of rotatable bonds is 7. The van der Waals surface area contributed by atoms with Crippen LogP contribution in [-0.4, -0.2) is 34.6 Å². The topological polar surface area (TPSA) is 54.5 Å². The van der Waals surface area contributed by atoms with Crippen molar-refractivity contribution in [3.05, 3.63) is 59.4 Å². The van der Waals surface area contributed by atoms with Gasteiger partial charge in [0.25, 0.3) is 5.91 Å². The molecule has 0 atom stereocenters. The molecule has 2 heterocycles. The molecule has 7 heteroatoms. The normalized spacial score (nSPS) is 15.4. The van der Waals surface area contributed by atoms with Crippen LogP contribution in [0.4, 0.5) is 0 Å². The second-order valence-corrected chi connectivity index (χ2v) is 8.21. The second-order valence-electron chi connectivity index (χ2n) is 6.83. The van der Waals surface area contributed by atoms with E-state index in [1.165, 1.54) is 0 Å². The molecule has 1 fully saturated rings. The average Bonchev–Trinajstić information content (AvgIpc) is 2.94. The van der Waals surface area contributed by atoms with Gasteiger partial charge in [0.15, 0.2) is 5.11 Å². The van der Waals surface area contributed by atoms with E-state index >= 15 is 0 Å². The summed E-state index contributed by atoms with van der Waals surface area (Å²) in [6.45, 7) is 4.73. The maximum Gasteiger partial charge on any atom is 0.276 e. The highest BCUT2D eigenvalue weighted by Gasteiger charge is 2.30. The summed E-state index contributed by atoms with van der Waals surface area (Å²) in [6, 6.07) is 11.7. The van der Waals surface area contributed by atoms with Gasteiger partial charge in [-0.1, -0.05) is 26.0 Å². The van der Waals surface area contributed by atoms with Gasteiger partial charge in [0.05, 0.1) is 12.1 Å². The fourth-order valence-corrected chi connectivity index (χ4v) is 3.96. The standard InChI is InChI=1S/C21H23N3O2S2/c1-14(2)12-24-20(25)17(23-21(24)27)11-15-7-8-18(26-3)16(10-15)13-28-19-6-4-5-9-22-19/h4-11,14H,12-13H2,1-3H3,(H,23,27)/b17-11+. The molecule has 1 saturated heterocycles. The highest BCUT2D eigenvalue weighted by Crippen LogP contribution is 2.28. The van der Waals surface area contributed by atoms with Crippen molar-refractivity contribution >= 4 is 41.1 Å². The molecule has 5 nitrogen and oxygen atoms in total. The molecular formula is C21H23N3O2S2. The highest BCUT2D eigenvalue weighted by molar-refractivity contribution is 7.98. The first-order valence-electron chi connectivity index (χ1n) is 9.03. The quantitative estimate of drug-likeness (QED) is 0.419. The van der Waals surface area contributed by atoms with Crippen molar-refractivity contribution in [1.29, 1.82) is 0 Å². The molecule has 0 radical (unpaired) electrons. The monoisotopic (exact) mass is 413 g/mol. The lowest BCUT2D eigenvalue weighted by Gasteiger charge is -2.16. The minimum atomic E-state index is -0.0843. The summed E-state index contributed by atoms with van der Waals surface area (Å²) >= 11 is 6.95. The fraction of sp³-hybridized carbons (Fsp3) is 0.286. The number of pyridine rings is 1. The van der Waals surface area contributed by atoms with E-state index in [1.807, 2.05) is 42.5 Å². The zero-order valence-corrected chi connectivity index (χ0v) is 17.8. The van der Waals surface area contributed by atoms with Crippen molar-refractivity contribution < 1.29 is 9.53 Å². The average molecular weight is 414 g/mol. The first kappa shape index (κ1) is 20.4. The SMILES string of the molecule is COc1ccc(/C=C2/NC(=S)N(CC(C)C)C2=O)cc1CSc1ccccn1. The van der Waals surface area contributed by atoms with Gasteiger partial charge in [0.2, 0.25) is 0 Å². The molecule has 3 rings (SSSR count). The molecule has 28 heavy (non-hydrogen) atoms. The van der Waals surface area contributed by atoms with Crippen molar-refractivity contribution in [3.8, 4) is 5.75 Å². The van der Waals surface area contributed by atoms with E-state index < -0.39 is 0 Å². The summed E-state index contributed by atoms with van der Waals surface area (Å²) < 4.78 is 5.49. The lowest BCUT2D eigenvalue weighted by Crippen LogP contribution is -2.33. The number of hydrogen-bond acceptors (Lipinski definition) is 5. The molecule has 1 N–H and O–H groups in total. The van der Waals surface area contributed by atoms with Crippen molar-refractivity contribution in [3.63, 3.8) is 0 Å². The van der Waals surface area contributed by atoms with E-state index in [0.717, 1.165) is 27.7 Å². The number of aromatic nitrogens is 1. The number of carbonyl (C=O) groups is 1. The van der Waals surface area contributed by atoms with Crippen LogP contribution in [0, 0.1) is 5.92 Å². The molecule has 0 unspecified atom stereocenters. The highest BCUT2D eigenvalue weighted by atomic mass is 32.2. The lowest BCUT2D eigenvalue weighted by molar-refractivity contribution is -0.122. The Bertz CT molecular complexity index is 898. The molecule has 1 amide bonds. The Morgan fingerprint density at radius 2 is 2.14 bits per heavy atom. The van der Waals surface area contributed by atoms with Crippen LogP contribution in [0.25, 0.3) is 6.08 Å². The molecule has 1 aromatic heterocycles. The van der Waals surface area contributed by atoms with Crippen molar-refractivity contribution in [2.75, 3.05) is 13.7 Å². The smallest absolute Gasteiger partial charge is 0.276 e.